The number of aryl methyl sites for hydroxylation is 1. The molecule has 4 aromatic rings. The number of benzene rings is 2. The van der Waals surface area contributed by atoms with Crippen LogP contribution in [0.1, 0.15) is 38.9 Å². The van der Waals surface area contributed by atoms with Crippen molar-refractivity contribution in [2.45, 2.75) is 19.5 Å². The van der Waals surface area contributed by atoms with Gasteiger partial charge in [-0.3, -0.25) is 14.6 Å². The molecule has 30 heavy (non-hydrogen) atoms. The van der Waals surface area contributed by atoms with Crippen LogP contribution < -0.4 is 5.43 Å². The van der Waals surface area contributed by atoms with Gasteiger partial charge in [0.2, 0.25) is 5.76 Å². The Hall–Kier alpha value is -3.93. The molecule has 0 bridgehead atoms. The molecule has 0 spiro atoms. The van der Waals surface area contributed by atoms with E-state index < -0.39 is 6.04 Å². The van der Waals surface area contributed by atoms with Crippen LogP contribution in [-0.2, 0) is 6.54 Å². The zero-order chi connectivity index (χ0) is 20.8. The lowest BCUT2D eigenvalue weighted by Crippen LogP contribution is -2.29. The molecular weight excluding hydrogens is 380 g/mol. The Labute approximate surface area is 172 Å². The highest BCUT2D eigenvalue weighted by molar-refractivity contribution is 5.99. The van der Waals surface area contributed by atoms with Gasteiger partial charge in [0.15, 0.2) is 5.43 Å². The molecule has 0 aliphatic carbocycles. The lowest BCUT2D eigenvalue weighted by atomic mass is 9.98. The van der Waals surface area contributed by atoms with Crippen molar-refractivity contribution in [1.82, 2.24) is 9.88 Å². The molecule has 6 heteroatoms. The van der Waals surface area contributed by atoms with Gasteiger partial charge in [0, 0.05) is 18.9 Å². The van der Waals surface area contributed by atoms with E-state index in [0.717, 1.165) is 16.7 Å². The Morgan fingerprint density at radius 3 is 2.63 bits per heavy atom. The van der Waals surface area contributed by atoms with Crippen molar-refractivity contribution < 1.29 is 14.3 Å². The molecule has 0 unspecified atom stereocenters. The van der Waals surface area contributed by atoms with Gasteiger partial charge >= 0.3 is 0 Å². The fourth-order valence-electron chi connectivity index (χ4n) is 3.99. The molecule has 1 aliphatic rings. The number of phenolic OH excluding ortho intramolecular Hbond substituents is 1. The molecule has 0 radical (unpaired) electrons. The number of nitrogens with zero attached hydrogens (tertiary/aromatic N) is 2. The van der Waals surface area contributed by atoms with Crippen molar-refractivity contribution in [2.24, 2.45) is 0 Å². The van der Waals surface area contributed by atoms with Gasteiger partial charge in [-0.25, -0.2) is 0 Å². The maximum absolute atomic E-state index is 13.5. The second-order valence-electron chi connectivity index (χ2n) is 7.46. The second kappa shape index (κ2) is 6.84. The summed E-state index contributed by atoms with van der Waals surface area (Å²) in [5.41, 5.74) is 3.01. The molecular formula is C24H18N2O4. The number of carbonyl (C=O) groups excluding carboxylic acids is 1. The van der Waals surface area contributed by atoms with Gasteiger partial charge in [-0.1, -0.05) is 29.8 Å². The predicted octanol–water partition coefficient (Wildman–Crippen LogP) is 3.95. The molecule has 1 atom stereocenters. The van der Waals surface area contributed by atoms with E-state index in [1.54, 1.807) is 59.8 Å². The maximum atomic E-state index is 13.5. The lowest BCUT2D eigenvalue weighted by Gasteiger charge is -2.25. The van der Waals surface area contributed by atoms with E-state index in [2.05, 4.69) is 4.98 Å². The van der Waals surface area contributed by atoms with Crippen LogP contribution >= 0.6 is 0 Å². The highest BCUT2D eigenvalue weighted by Crippen LogP contribution is 2.39. The summed E-state index contributed by atoms with van der Waals surface area (Å²) in [6.45, 7) is 2.18. The Bertz CT molecular complexity index is 1330. The first-order valence-electron chi connectivity index (χ1n) is 9.59. The largest absolute Gasteiger partial charge is 0.508 e. The van der Waals surface area contributed by atoms with Crippen LogP contribution in [0, 0.1) is 6.92 Å². The SMILES string of the molecule is Cc1ccc2oc3c(c(=O)c2c1)[C@H](c1ccc(O)cc1)N(Cc1cccnc1)C3=O. The number of aromatic nitrogens is 1. The van der Waals surface area contributed by atoms with Crippen molar-refractivity contribution in [2.75, 3.05) is 0 Å². The highest BCUT2D eigenvalue weighted by Gasteiger charge is 2.42. The number of hydrogen-bond donors (Lipinski definition) is 1. The van der Waals surface area contributed by atoms with Crippen molar-refractivity contribution in [3.8, 4) is 5.75 Å². The molecule has 1 N–H and O–H groups in total. The summed E-state index contributed by atoms with van der Waals surface area (Å²) >= 11 is 0. The number of pyridine rings is 1. The summed E-state index contributed by atoms with van der Waals surface area (Å²) in [4.78, 5) is 32.5. The van der Waals surface area contributed by atoms with Crippen molar-refractivity contribution in [1.29, 1.82) is 0 Å². The number of fused-ring (bicyclic) bond motifs is 2. The van der Waals surface area contributed by atoms with Gasteiger partial charge in [0.1, 0.15) is 11.3 Å². The number of rotatable bonds is 3. The number of hydrogen-bond acceptors (Lipinski definition) is 5. The van der Waals surface area contributed by atoms with Crippen LogP contribution in [0.4, 0.5) is 0 Å². The molecule has 2 aromatic heterocycles. The van der Waals surface area contributed by atoms with E-state index in [-0.39, 0.29) is 29.4 Å². The molecule has 0 saturated heterocycles. The molecule has 5 rings (SSSR count). The third kappa shape index (κ3) is 2.85. The summed E-state index contributed by atoms with van der Waals surface area (Å²) in [6.07, 6.45) is 3.36. The Balaban J connectivity index is 1.74. The van der Waals surface area contributed by atoms with Crippen molar-refractivity contribution in [3.63, 3.8) is 0 Å². The first-order chi connectivity index (χ1) is 14.5. The van der Waals surface area contributed by atoms with Crippen LogP contribution in [0.25, 0.3) is 11.0 Å². The topological polar surface area (TPSA) is 83.6 Å². The van der Waals surface area contributed by atoms with E-state index >= 15 is 0 Å². The fraction of sp³-hybridized carbons (Fsp3) is 0.125. The molecule has 0 fully saturated rings. The summed E-state index contributed by atoms with van der Waals surface area (Å²) in [5.74, 6) is -0.159. The predicted molar refractivity (Wildman–Crippen MR) is 111 cm³/mol. The zero-order valence-corrected chi connectivity index (χ0v) is 16.2. The van der Waals surface area contributed by atoms with E-state index in [1.165, 1.54) is 0 Å². The molecule has 1 aliphatic heterocycles. The minimum Gasteiger partial charge on any atom is -0.508 e. The second-order valence-corrected chi connectivity index (χ2v) is 7.46. The fourth-order valence-corrected chi connectivity index (χ4v) is 3.99. The number of aromatic hydroxyl groups is 1. The number of phenols is 1. The minimum atomic E-state index is -0.616. The average Bonchev–Trinajstić information content (AvgIpc) is 3.02. The summed E-state index contributed by atoms with van der Waals surface area (Å²) in [6, 6.07) is 15.0. The van der Waals surface area contributed by atoms with Gasteiger partial charge in [-0.05, 0) is 48.4 Å². The molecule has 148 valence electrons. The van der Waals surface area contributed by atoms with E-state index in [4.69, 9.17) is 4.42 Å². The third-order valence-corrected chi connectivity index (χ3v) is 5.41. The van der Waals surface area contributed by atoms with Crippen LogP contribution in [0.2, 0.25) is 0 Å². The van der Waals surface area contributed by atoms with E-state index in [0.29, 0.717) is 16.5 Å². The number of amides is 1. The lowest BCUT2D eigenvalue weighted by molar-refractivity contribution is 0.0714. The standard InChI is InChI=1S/C24H18N2O4/c1-14-4-9-19-18(11-14)22(28)20-21(16-5-7-17(27)8-6-16)26(24(29)23(20)30-19)13-15-3-2-10-25-12-15/h2-12,21,27H,13H2,1H3/t21-/m0/s1. The summed E-state index contributed by atoms with van der Waals surface area (Å²) in [5, 5.41) is 10.2. The van der Waals surface area contributed by atoms with Gasteiger partial charge < -0.3 is 14.4 Å². The molecule has 0 saturated carbocycles. The van der Waals surface area contributed by atoms with E-state index in [1.807, 2.05) is 19.1 Å². The first-order valence-corrected chi connectivity index (χ1v) is 9.59. The number of carbonyl (C=O) groups is 1. The summed E-state index contributed by atoms with van der Waals surface area (Å²) in [7, 11) is 0. The van der Waals surface area contributed by atoms with E-state index in [9.17, 15) is 14.7 Å². The van der Waals surface area contributed by atoms with Crippen molar-refractivity contribution in [3.05, 3.63) is 105 Å². The molecule has 3 heterocycles. The minimum absolute atomic E-state index is 0.0679. The third-order valence-electron chi connectivity index (χ3n) is 5.41. The monoisotopic (exact) mass is 398 g/mol. The Kier molecular flexibility index (Phi) is 4.13. The van der Waals surface area contributed by atoms with Crippen LogP contribution in [0.15, 0.2) is 76.2 Å². The smallest absolute Gasteiger partial charge is 0.291 e. The normalized spacial score (nSPS) is 15.6. The first kappa shape index (κ1) is 18.1. The van der Waals surface area contributed by atoms with Crippen molar-refractivity contribution >= 4 is 16.9 Å². The molecule has 2 aromatic carbocycles. The van der Waals surface area contributed by atoms with Crippen LogP contribution in [0.3, 0.4) is 0 Å². The zero-order valence-electron chi connectivity index (χ0n) is 16.2. The highest BCUT2D eigenvalue weighted by atomic mass is 16.3. The summed E-state index contributed by atoms with van der Waals surface area (Å²) < 4.78 is 5.94. The molecule has 6 nitrogen and oxygen atoms in total. The molecule has 1 amide bonds. The Morgan fingerprint density at radius 1 is 1.10 bits per heavy atom. The van der Waals surface area contributed by atoms with Crippen LogP contribution in [-0.4, -0.2) is 20.9 Å². The Morgan fingerprint density at radius 2 is 1.90 bits per heavy atom. The van der Waals surface area contributed by atoms with Gasteiger partial charge in [0.25, 0.3) is 5.91 Å². The van der Waals surface area contributed by atoms with Gasteiger partial charge in [0.05, 0.1) is 17.0 Å². The maximum Gasteiger partial charge on any atom is 0.291 e. The quantitative estimate of drug-likeness (QED) is 0.565. The van der Waals surface area contributed by atoms with Gasteiger partial charge in [-0.15, -0.1) is 0 Å². The van der Waals surface area contributed by atoms with Crippen LogP contribution in [0.5, 0.6) is 5.75 Å². The van der Waals surface area contributed by atoms with Gasteiger partial charge in [-0.2, -0.15) is 0 Å². The average molecular weight is 398 g/mol.